The first kappa shape index (κ1) is 22.7. The average molecular weight is 440 g/mol. The summed E-state index contributed by atoms with van der Waals surface area (Å²) in [5.41, 5.74) is 2.19. The second-order valence-corrected chi connectivity index (χ2v) is 7.07. The van der Waals surface area contributed by atoms with E-state index in [0.29, 0.717) is 11.3 Å². The zero-order valence-electron chi connectivity index (χ0n) is 17.0. The summed E-state index contributed by atoms with van der Waals surface area (Å²) in [5, 5.41) is 4.41. The standard InChI is InChI=1S/C24H19F3N2O3/c1-15-6-8-16(9-7-15)21(30)19-4-2-3-5-20(19)23(32)29-18-12-10-17(11-13-18)22(31)28-14-24(25,26)27/h2-13H,14H2,1H3,(H,28,31)(H,29,32). The number of carbonyl (C=O) groups excluding carboxylic acids is 3. The highest BCUT2D eigenvalue weighted by atomic mass is 19.4. The Kier molecular flexibility index (Phi) is 6.73. The molecule has 0 heterocycles. The number of ketones is 1. The summed E-state index contributed by atoms with van der Waals surface area (Å²) in [7, 11) is 0. The summed E-state index contributed by atoms with van der Waals surface area (Å²) in [6, 6.07) is 18.8. The zero-order chi connectivity index (χ0) is 23.3. The van der Waals surface area contributed by atoms with Gasteiger partial charge in [0.05, 0.1) is 5.56 Å². The Hall–Kier alpha value is -3.94. The van der Waals surface area contributed by atoms with Crippen molar-refractivity contribution in [3.05, 3.63) is 101 Å². The van der Waals surface area contributed by atoms with E-state index < -0.39 is 24.5 Å². The van der Waals surface area contributed by atoms with Crippen LogP contribution in [-0.4, -0.2) is 30.3 Å². The third kappa shape index (κ3) is 5.81. The van der Waals surface area contributed by atoms with Crippen molar-refractivity contribution < 1.29 is 27.6 Å². The molecular formula is C24H19F3N2O3. The lowest BCUT2D eigenvalue weighted by molar-refractivity contribution is -0.123. The number of benzene rings is 3. The molecule has 0 aliphatic rings. The summed E-state index contributed by atoms with van der Waals surface area (Å²) < 4.78 is 36.7. The van der Waals surface area contributed by atoms with Gasteiger partial charge in [-0.2, -0.15) is 13.2 Å². The number of rotatable bonds is 6. The molecule has 3 aromatic rings. The molecule has 0 unspecified atom stereocenters. The van der Waals surface area contributed by atoms with Crippen LogP contribution in [0.4, 0.5) is 18.9 Å². The van der Waals surface area contributed by atoms with Gasteiger partial charge < -0.3 is 10.6 Å². The Morgan fingerprint density at radius 1 is 0.750 bits per heavy atom. The van der Waals surface area contributed by atoms with E-state index >= 15 is 0 Å². The molecule has 3 aromatic carbocycles. The van der Waals surface area contributed by atoms with E-state index in [1.165, 1.54) is 30.3 Å². The van der Waals surface area contributed by atoms with Gasteiger partial charge in [-0.1, -0.05) is 48.0 Å². The molecule has 0 spiro atoms. The predicted molar refractivity (Wildman–Crippen MR) is 114 cm³/mol. The molecule has 0 atom stereocenters. The van der Waals surface area contributed by atoms with Gasteiger partial charge in [-0.3, -0.25) is 14.4 Å². The van der Waals surface area contributed by atoms with Gasteiger partial charge in [-0.15, -0.1) is 0 Å². The first-order chi connectivity index (χ1) is 15.1. The Morgan fingerprint density at radius 2 is 1.31 bits per heavy atom. The van der Waals surface area contributed by atoms with Gasteiger partial charge in [0.25, 0.3) is 11.8 Å². The number of nitrogens with one attached hydrogen (secondary N) is 2. The second kappa shape index (κ2) is 9.47. The monoisotopic (exact) mass is 440 g/mol. The van der Waals surface area contributed by atoms with Crippen molar-refractivity contribution in [3.63, 3.8) is 0 Å². The van der Waals surface area contributed by atoms with Crippen molar-refractivity contribution in [2.45, 2.75) is 13.1 Å². The number of alkyl halides is 3. The maximum absolute atomic E-state index is 12.9. The van der Waals surface area contributed by atoms with Crippen LogP contribution in [0.3, 0.4) is 0 Å². The van der Waals surface area contributed by atoms with E-state index in [1.807, 2.05) is 19.1 Å². The number of hydrogen-bond donors (Lipinski definition) is 2. The quantitative estimate of drug-likeness (QED) is 0.542. The molecule has 0 bridgehead atoms. The molecule has 5 nitrogen and oxygen atoms in total. The Balaban J connectivity index is 1.73. The smallest absolute Gasteiger partial charge is 0.343 e. The maximum atomic E-state index is 12.9. The lowest BCUT2D eigenvalue weighted by Gasteiger charge is -2.11. The van der Waals surface area contributed by atoms with Gasteiger partial charge in [0.1, 0.15) is 6.54 Å². The number of anilines is 1. The number of halogens is 3. The van der Waals surface area contributed by atoms with Gasteiger partial charge >= 0.3 is 6.18 Å². The Bertz CT molecular complexity index is 1140. The number of aryl methyl sites for hydroxylation is 1. The van der Waals surface area contributed by atoms with E-state index in [9.17, 15) is 27.6 Å². The highest BCUT2D eigenvalue weighted by Crippen LogP contribution is 2.18. The molecule has 2 amide bonds. The minimum Gasteiger partial charge on any atom is -0.343 e. The Labute approximate surface area is 182 Å². The normalized spacial score (nSPS) is 11.0. The van der Waals surface area contributed by atoms with Crippen molar-refractivity contribution in [1.29, 1.82) is 0 Å². The van der Waals surface area contributed by atoms with Crippen LogP contribution in [-0.2, 0) is 0 Å². The average Bonchev–Trinajstić information content (AvgIpc) is 2.77. The van der Waals surface area contributed by atoms with Crippen LogP contribution in [0.5, 0.6) is 0 Å². The molecule has 0 saturated carbocycles. The van der Waals surface area contributed by atoms with Crippen molar-refractivity contribution in [3.8, 4) is 0 Å². The van der Waals surface area contributed by atoms with Crippen molar-refractivity contribution in [1.82, 2.24) is 5.32 Å². The molecule has 32 heavy (non-hydrogen) atoms. The van der Waals surface area contributed by atoms with Crippen LogP contribution in [0, 0.1) is 6.92 Å². The van der Waals surface area contributed by atoms with Gasteiger partial charge in [-0.05, 0) is 37.3 Å². The second-order valence-electron chi connectivity index (χ2n) is 7.07. The fourth-order valence-corrected chi connectivity index (χ4v) is 2.93. The molecular weight excluding hydrogens is 421 g/mol. The van der Waals surface area contributed by atoms with Crippen LogP contribution in [0.2, 0.25) is 0 Å². The summed E-state index contributed by atoms with van der Waals surface area (Å²) in [5.74, 6) is -1.71. The fourth-order valence-electron chi connectivity index (χ4n) is 2.93. The van der Waals surface area contributed by atoms with Crippen LogP contribution in [0.15, 0.2) is 72.8 Å². The molecule has 164 valence electrons. The van der Waals surface area contributed by atoms with E-state index in [4.69, 9.17) is 0 Å². The van der Waals surface area contributed by atoms with Gasteiger partial charge in [-0.25, -0.2) is 0 Å². The van der Waals surface area contributed by atoms with Crippen molar-refractivity contribution >= 4 is 23.3 Å². The zero-order valence-corrected chi connectivity index (χ0v) is 17.0. The topological polar surface area (TPSA) is 75.3 Å². The number of hydrogen-bond acceptors (Lipinski definition) is 3. The van der Waals surface area contributed by atoms with Crippen LogP contribution < -0.4 is 10.6 Å². The summed E-state index contributed by atoms with van der Waals surface area (Å²) in [4.78, 5) is 37.5. The Morgan fingerprint density at radius 3 is 1.91 bits per heavy atom. The van der Waals surface area contributed by atoms with Crippen LogP contribution >= 0.6 is 0 Å². The van der Waals surface area contributed by atoms with E-state index in [-0.39, 0.29) is 22.5 Å². The SMILES string of the molecule is Cc1ccc(C(=O)c2ccccc2C(=O)Nc2ccc(C(=O)NCC(F)(F)F)cc2)cc1. The number of carbonyl (C=O) groups is 3. The minimum atomic E-state index is -4.51. The molecule has 0 aliphatic heterocycles. The first-order valence-electron chi connectivity index (χ1n) is 9.61. The lowest BCUT2D eigenvalue weighted by atomic mass is 9.97. The predicted octanol–water partition coefficient (Wildman–Crippen LogP) is 4.77. The molecule has 0 radical (unpaired) electrons. The summed E-state index contributed by atoms with van der Waals surface area (Å²) >= 11 is 0. The minimum absolute atomic E-state index is 0.0159. The van der Waals surface area contributed by atoms with Gasteiger partial charge in [0, 0.05) is 22.4 Å². The molecule has 0 aliphatic carbocycles. The fraction of sp³-hybridized carbons (Fsp3) is 0.125. The maximum Gasteiger partial charge on any atom is 0.405 e. The number of amides is 2. The van der Waals surface area contributed by atoms with E-state index in [2.05, 4.69) is 5.32 Å². The van der Waals surface area contributed by atoms with Crippen molar-refractivity contribution in [2.75, 3.05) is 11.9 Å². The molecule has 2 N–H and O–H groups in total. The highest BCUT2D eigenvalue weighted by Gasteiger charge is 2.27. The van der Waals surface area contributed by atoms with E-state index in [1.54, 1.807) is 35.6 Å². The third-order valence-electron chi connectivity index (χ3n) is 4.58. The molecule has 0 aromatic heterocycles. The van der Waals surface area contributed by atoms with Gasteiger partial charge in [0.2, 0.25) is 0 Å². The van der Waals surface area contributed by atoms with Crippen LogP contribution in [0.1, 0.15) is 42.2 Å². The van der Waals surface area contributed by atoms with Crippen molar-refractivity contribution in [2.24, 2.45) is 0 Å². The molecule has 3 rings (SSSR count). The molecule has 8 heteroatoms. The summed E-state index contributed by atoms with van der Waals surface area (Å²) in [6.07, 6.45) is -4.51. The van der Waals surface area contributed by atoms with E-state index in [0.717, 1.165) is 5.56 Å². The summed E-state index contributed by atoms with van der Waals surface area (Å²) in [6.45, 7) is 0.469. The highest BCUT2D eigenvalue weighted by molar-refractivity contribution is 6.17. The van der Waals surface area contributed by atoms with Crippen LogP contribution in [0.25, 0.3) is 0 Å². The molecule has 0 fully saturated rings. The molecule has 0 saturated heterocycles. The lowest BCUT2D eigenvalue weighted by Crippen LogP contribution is -2.33. The first-order valence-corrected chi connectivity index (χ1v) is 9.61. The third-order valence-corrected chi connectivity index (χ3v) is 4.58. The van der Waals surface area contributed by atoms with Gasteiger partial charge in [0.15, 0.2) is 5.78 Å². The largest absolute Gasteiger partial charge is 0.405 e.